The van der Waals surface area contributed by atoms with Gasteiger partial charge in [-0.25, -0.2) is 4.79 Å². The van der Waals surface area contributed by atoms with Crippen molar-refractivity contribution >= 4 is 6.09 Å². The first kappa shape index (κ1) is 13.3. The lowest BCUT2D eigenvalue weighted by atomic mass is 9.90. The van der Waals surface area contributed by atoms with Gasteiger partial charge in [0.15, 0.2) is 0 Å². The molecule has 1 aliphatic rings. The largest absolute Gasteiger partial charge is 0.444 e. The molecule has 1 heterocycles. The highest BCUT2D eigenvalue weighted by Gasteiger charge is 2.30. The lowest BCUT2D eigenvalue weighted by Crippen LogP contribution is -2.46. The second-order valence-corrected chi connectivity index (χ2v) is 5.82. The zero-order chi connectivity index (χ0) is 12.3. The molecule has 0 bridgehead atoms. The quantitative estimate of drug-likeness (QED) is 0.687. The van der Waals surface area contributed by atoms with Gasteiger partial charge in [-0.2, -0.15) is 0 Å². The molecule has 0 aromatic heterocycles. The third kappa shape index (κ3) is 3.69. The predicted molar refractivity (Wildman–Crippen MR) is 65.4 cm³/mol. The molecule has 1 saturated heterocycles. The van der Waals surface area contributed by atoms with Gasteiger partial charge in [0.25, 0.3) is 0 Å². The number of ether oxygens (including phenoxy) is 1. The molecule has 3 heteroatoms. The number of hydrogen-bond acceptors (Lipinski definition) is 2. The van der Waals surface area contributed by atoms with Crippen molar-refractivity contribution in [2.24, 2.45) is 5.92 Å². The molecule has 1 fully saturated rings. The summed E-state index contributed by atoms with van der Waals surface area (Å²) < 4.78 is 5.40. The zero-order valence-corrected chi connectivity index (χ0v) is 11.2. The summed E-state index contributed by atoms with van der Waals surface area (Å²) in [4.78, 5) is 13.8. The molecule has 1 rings (SSSR count). The van der Waals surface area contributed by atoms with E-state index in [0.29, 0.717) is 6.04 Å². The lowest BCUT2D eigenvalue weighted by Gasteiger charge is -2.38. The van der Waals surface area contributed by atoms with Crippen LogP contribution in [0.4, 0.5) is 4.79 Å². The number of carbonyl (C=O) groups is 1. The number of rotatable bonds is 1. The Hall–Kier alpha value is -0.730. The molecule has 0 aliphatic carbocycles. The zero-order valence-electron chi connectivity index (χ0n) is 11.2. The molecule has 0 saturated carbocycles. The molecule has 2 atom stereocenters. The Bertz CT molecular complexity index is 245. The molecule has 0 aromatic carbocycles. The second-order valence-electron chi connectivity index (χ2n) is 5.82. The average Bonchev–Trinajstić information content (AvgIpc) is 2.14. The van der Waals surface area contributed by atoms with Crippen molar-refractivity contribution in [3.05, 3.63) is 0 Å². The molecule has 2 unspecified atom stereocenters. The molecular formula is C13H25NO2. The number of carbonyl (C=O) groups excluding carboxylic acids is 1. The van der Waals surface area contributed by atoms with E-state index in [0.717, 1.165) is 25.3 Å². The van der Waals surface area contributed by atoms with Crippen molar-refractivity contribution in [2.75, 3.05) is 6.54 Å². The van der Waals surface area contributed by atoms with E-state index in [1.807, 2.05) is 25.7 Å². The van der Waals surface area contributed by atoms with E-state index in [9.17, 15) is 4.79 Å². The van der Waals surface area contributed by atoms with Crippen molar-refractivity contribution in [1.82, 2.24) is 4.90 Å². The Morgan fingerprint density at radius 2 is 2.06 bits per heavy atom. The van der Waals surface area contributed by atoms with Crippen LogP contribution in [0.15, 0.2) is 0 Å². The summed E-state index contributed by atoms with van der Waals surface area (Å²) in [6.45, 7) is 10.9. The van der Waals surface area contributed by atoms with Gasteiger partial charge in [0.1, 0.15) is 5.60 Å². The molecule has 1 aliphatic heterocycles. The van der Waals surface area contributed by atoms with Crippen LogP contribution < -0.4 is 0 Å². The lowest BCUT2D eigenvalue weighted by molar-refractivity contribution is 0.00697. The van der Waals surface area contributed by atoms with Crippen LogP contribution >= 0.6 is 0 Å². The van der Waals surface area contributed by atoms with E-state index in [-0.39, 0.29) is 6.09 Å². The van der Waals surface area contributed by atoms with Gasteiger partial charge in [0, 0.05) is 12.6 Å². The van der Waals surface area contributed by atoms with Gasteiger partial charge in [-0.1, -0.05) is 13.3 Å². The normalized spacial score (nSPS) is 26.7. The van der Waals surface area contributed by atoms with E-state index < -0.39 is 5.60 Å². The van der Waals surface area contributed by atoms with Gasteiger partial charge in [-0.15, -0.1) is 0 Å². The molecule has 94 valence electrons. The van der Waals surface area contributed by atoms with Crippen molar-refractivity contribution in [3.8, 4) is 0 Å². The van der Waals surface area contributed by atoms with Crippen LogP contribution in [0.2, 0.25) is 0 Å². The average molecular weight is 227 g/mol. The van der Waals surface area contributed by atoms with Gasteiger partial charge in [0.2, 0.25) is 0 Å². The Labute approximate surface area is 99.1 Å². The molecule has 0 aromatic rings. The topological polar surface area (TPSA) is 29.5 Å². The molecule has 3 nitrogen and oxygen atoms in total. The number of likely N-dealkylation sites (tertiary alicyclic amines) is 1. The van der Waals surface area contributed by atoms with Crippen LogP contribution in [-0.4, -0.2) is 29.2 Å². The summed E-state index contributed by atoms with van der Waals surface area (Å²) in [5.41, 5.74) is -0.390. The van der Waals surface area contributed by atoms with Crippen LogP contribution in [0.25, 0.3) is 0 Å². The number of nitrogens with zero attached hydrogens (tertiary/aromatic N) is 1. The molecular weight excluding hydrogens is 202 g/mol. The van der Waals surface area contributed by atoms with Gasteiger partial charge in [0.05, 0.1) is 0 Å². The standard InChI is InChI=1S/C13H25NO2/c1-6-11-7-8-14(10(2)9-11)12(15)16-13(3,4)5/h10-11H,6-9H2,1-5H3. The highest BCUT2D eigenvalue weighted by molar-refractivity contribution is 5.68. The van der Waals surface area contributed by atoms with E-state index in [1.165, 1.54) is 6.42 Å². The number of hydrogen-bond donors (Lipinski definition) is 0. The fourth-order valence-corrected chi connectivity index (χ4v) is 2.23. The highest BCUT2D eigenvalue weighted by atomic mass is 16.6. The predicted octanol–water partition coefficient (Wildman–Crippen LogP) is 3.43. The van der Waals surface area contributed by atoms with Crippen molar-refractivity contribution < 1.29 is 9.53 Å². The van der Waals surface area contributed by atoms with Gasteiger partial charge < -0.3 is 9.64 Å². The fraction of sp³-hybridized carbons (Fsp3) is 0.923. The van der Waals surface area contributed by atoms with Crippen molar-refractivity contribution in [3.63, 3.8) is 0 Å². The third-order valence-electron chi connectivity index (χ3n) is 3.19. The van der Waals surface area contributed by atoms with Gasteiger partial charge in [-0.3, -0.25) is 0 Å². The summed E-state index contributed by atoms with van der Waals surface area (Å²) in [5.74, 6) is 0.772. The summed E-state index contributed by atoms with van der Waals surface area (Å²) in [5, 5.41) is 0. The van der Waals surface area contributed by atoms with Crippen LogP contribution in [0.5, 0.6) is 0 Å². The summed E-state index contributed by atoms with van der Waals surface area (Å²) in [7, 11) is 0. The van der Waals surface area contributed by atoms with Crippen LogP contribution in [0, 0.1) is 5.92 Å². The first-order chi connectivity index (χ1) is 7.33. The maximum absolute atomic E-state index is 11.9. The van der Waals surface area contributed by atoms with Crippen molar-refractivity contribution in [1.29, 1.82) is 0 Å². The molecule has 0 N–H and O–H groups in total. The van der Waals surface area contributed by atoms with Gasteiger partial charge >= 0.3 is 6.09 Å². The maximum Gasteiger partial charge on any atom is 0.410 e. The minimum absolute atomic E-state index is 0.158. The third-order valence-corrected chi connectivity index (χ3v) is 3.19. The van der Waals surface area contributed by atoms with Gasteiger partial charge in [-0.05, 0) is 46.5 Å². The maximum atomic E-state index is 11.9. The van der Waals surface area contributed by atoms with Crippen LogP contribution in [-0.2, 0) is 4.74 Å². The second kappa shape index (κ2) is 5.07. The number of piperidine rings is 1. The molecule has 0 radical (unpaired) electrons. The van der Waals surface area contributed by atoms with E-state index >= 15 is 0 Å². The SMILES string of the molecule is CCC1CCN(C(=O)OC(C)(C)C)C(C)C1. The van der Waals surface area contributed by atoms with Crippen LogP contribution in [0.1, 0.15) is 53.9 Å². The molecule has 16 heavy (non-hydrogen) atoms. The Morgan fingerprint density at radius 3 is 2.50 bits per heavy atom. The first-order valence-corrected chi connectivity index (χ1v) is 6.33. The Morgan fingerprint density at radius 1 is 1.44 bits per heavy atom. The fourth-order valence-electron chi connectivity index (χ4n) is 2.23. The molecule has 1 amide bonds. The molecule has 0 spiro atoms. The highest BCUT2D eigenvalue weighted by Crippen LogP contribution is 2.26. The van der Waals surface area contributed by atoms with Crippen molar-refractivity contribution in [2.45, 2.75) is 65.5 Å². The minimum atomic E-state index is -0.390. The first-order valence-electron chi connectivity index (χ1n) is 6.33. The van der Waals surface area contributed by atoms with E-state index in [4.69, 9.17) is 4.74 Å². The van der Waals surface area contributed by atoms with E-state index in [2.05, 4.69) is 13.8 Å². The van der Waals surface area contributed by atoms with E-state index in [1.54, 1.807) is 0 Å². The van der Waals surface area contributed by atoms with Crippen LogP contribution in [0.3, 0.4) is 0 Å². The monoisotopic (exact) mass is 227 g/mol. The number of amides is 1. The Kier molecular flexibility index (Phi) is 4.22. The summed E-state index contributed by atoms with van der Waals surface area (Å²) in [6, 6.07) is 0.313. The minimum Gasteiger partial charge on any atom is -0.444 e. The smallest absolute Gasteiger partial charge is 0.410 e. The summed E-state index contributed by atoms with van der Waals surface area (Å²) in [6.07, 6.45) is 3.28. The summed E-state index contributed by atoms with van der Waals surface area (Å²) >= 11 is 0. The Balaban J connectivity index is 2.52.